The standard InChI is InChI=1S/C12H10ClNO4S2/c1-7-6-8(13)2-3-9(7)14-20(17,18)11-5-4-10(19-11)12(15)16/h2-6,14H,1H3,(H,15,16). The van der Waals surface area contributed by atoms with Gasteiger partial charge in [0.1, 0.15) is 9.09 Å². The summed E-state index contributed by atoms with van der Waals surface area (Å²) in [5.41, 5.74) is 1.08. The molecule has 2 aromatic rings. The summed E-state index contributed by atoms with van der Waals surface area (Å²) in [6, 6.07) is 7.29. The molecule has 0 atom stereocenters. The molecule has 106 valence electrons. The first-order valence-corrected chi connectivity index (χ1v) is 8.09. The molecular formula is C12H10ClNO4S2. The number of aromatic carboxylic acids is 1. The summed E-state index contributed by atoms with van der Waals surface area (Å²) in [6.45, 7) is 1.72. The molecule has 0 saturated carbocycles. The zero-order valence-corrected chi connectivity index (χ0v) is 12.6. The molecule has 1 aromatic carbocycles. The largest absolute Gasteiger partial charge is 0.477 e. The van der Waals surface area contributed by atoms with Crippen molar-refractivity contribution in [2.75, 3.05) is 4.72 Å². The van der Waals surface area contributed by atoms with Crippen LogP contribution >= 0.6 is 22.9 Å². The molecule has 0 spiro atoms. The highest BCUT2D eigenvalue weighted by atomic mass is 35.5. The van der Waals surface area contributed by atoms with Gasteiger partial charge in [0.15, 0.2) is 0 Å². The number of carboxylic acids is 1. The summed E-state index contributed by atoms with van der Waals surface area (Å²) in [5.74, 6) is -1.15. The highest BCUT2D eigenvalue weighted by molar-refractivity contribution is 7.94. The van der Waals surface area contributed by atoms with Crippen LogP contribution in [-0.4, -0.2) is 19.5 Å². The van der Waals surface area contributed by atoms with Crippen LogP contribution in [0.15, 0.2) is 34.5 Å². The van der Waals surface area contributed by atoms with Crippen molar-refractivity contribution in [3.05, 3.63) is 45.8 Å². The topological polar surface area (TPSA) is 83.5 Å². The fourth-order valence-electron chi connectivity index (χ4n) is 1.52. The number of thiophene rings is 1. The Bertz CT molecular complexity index is 768. The number of sulfonamides is 1. The van der Waals surface area contributed by atoms with E-state index >= 15 is 0 Å². The van der Waals surface area contributed by atoms with Crippen LogP contribution in [0, 0.1) is 6.92 Å². The van der Waals surface area contributed by atoms with E-state index in [1.54, 1.807) is 25.1 Å². The Morgan fingerprint density at radius 2 is 2.00 bits per heavy atom. The number of aryl methyl sites for hydroxylation is 1. The first-order valence-electron chi connectivity index (χ1n) is 5.42. The van der Waals surface area contributed by atoms with Gasteiger partial charge in [0.2, 0.25) is 0 Å². The third-order valence-corrected chi connectivity index (χ3v) is 5.66. The summed E-state index contributed by atoms with van der Waals surface area (Å²) in [7, 11) is -3.80. The number of hydrogen-bond acceptors (Lipinski definition) is 4. The summed E-state index contributed by atoms with van der Waals surface area (Å²) >= 11 is 6.50. The van der Waals surface area contributed by atoms with Crippen LogP contribution in [0.3, 0.4) is 0 Å². The molecule has 1 heterocycles. The van der Waals surface area contributed by atoms with Gasteiger partial charge in [-0.05, 0) is 42.8 Å². The Balaban J connectivity index is 2.33. The Morgan fingerprint density at radius 1 is 1.30 bits per heavy atom. The molecule has 0 aliphatic carbocycles. The first-order chi connectivity index (χ1) is 9.29. The SMILES string of the molecule is Cc1cc(Cl)ccc1NS(=O)(=O)c1ccc(C(=O)O)s1. The number of anilines is 1. The number of carbonyl (C=O) groups is 1. The smallest absolute Gasteiger partial charge is 0.345 e. The van der Waals surface area contributed by atoms with Gasteiger partial charge in [-0.2, -0.15) is 0 Å². The molecule has 0 unspecified atom stereocenters. The summed E-state index contributed by atoms with van der Waals surface area (Å²) in [5, 5.41) is 9.32. The Morgan fingerprint density at radius 3 is 2.55 bits per heavy atom. The van der Waals surface area contributed by atoms with Crippen molar-refractivity contribution in [3.63, 3.8) is 0 Å². The van der Waals surface area contributed by atoms with Crippen LogP contribution in [0.5, 0.6) is 0 Å². The Kier molecular flexibility index (Phi) is 4.03. The van der Waals surface area contributed by atoms with Crippen molar-refractivity contribution < 1.29 is 18.3 Å². The van der Waals surface area contributed by atoms with Gasteiger partial charge in [0.05, 0.1) is 5.69 Å². The quantitative estimate of drug-likeness (QED) is 0.901. The van der Waals surface area contributed by atoms with E-state index in [0.29, 0.717) is 27.6 Å². The maximum absolute atomic E-state index is 12.1. The van der Waals surface area contributed by atoms with E-state index in [1.165, 1.54) is 12.1 Å². The van der Waals surface area contributed by atoms with E-state index in [4.69, 9.17) is 16.7 Å². The zero-order chi connectivity index (χ0) is 14.9. The van der Waals surface area contributed by atoms with Crippen molar-refractivity contribution in [1.82, 2.24) is 0 Å². The average Bonchev–Trinajstić information content (AvgIpc) is 2.83. The van der Waals surface area contributed by atoms with E-state index in [2.05, 4.69) is 4.72 Å². The summed E-state index contributed by atoms with van der Waals surface area (Å²) < 4.78 is 26.7. The highest BCUT2D eigenvalue weighted by Crippen LogP contribution is 2.26. The van der Waals surface area contributed by atoms with E-state index in [9.17, 15) is 13.2 Å². The molecule has 0 aliphatic rings. The van der Waals surface area contributed by atoms with Gasteiger partial charge in [-0.3, -0.25) is 4.72 Å². The molecule has 2 rings (SSSR count). The normalized spacial score (nSPS) is 11.3. The first kappa shape index (κ1) is 14.8. The molecule has 1 aromatic heterocycles. The van der Waals surface area contributed by atoms with Gasteiger partial charge in [-0.15, -0.1) is 11.3 Å². The van der Waals surface area contributed by atoms with Crippen LogP contribution in [0.2, 0.25) is 5.02 Å². The predicted molar refractivity (Wildman–Crippen MR) is 78.3 cm³/mol. The second kappa shape index (κ2) is 5.43. The zero-order valence-electron chi connectivity index (χ0n) is 10.3. The van der Waals surface area contributed by atoms with Crippen LogP contribution < -0.4 is 4.72 Å². The van der Waals surface area contributed by atoms with Gasteiger partial charge in [-0.1, -0.05) is 11.6 Å². The third-order valence-electron chi connectivity index (χ3n) is 2.49. The lowest BCUT2D eigenvalue weighted by atomic mass is 10.2. The summed E-state index contributed by atoms with van der Waals surface area (Å²) in [4.78, 5) is 10.7. The maximum atomic E-state index is 12.1. The fraction of sp³-hybridized carbons (Fsp3) is 0.0833. The fourth-order valence-corrected chi connectivity index (χ4v) is 4.02. The monoisotopic (exact) mass is 331 g/mol. The third kappa shape index (κ3) is 3.12. The molecule has 2 N–H and O–H groups in total. The number of hydrogen-bond donors (Lipinski definition) is 2. The second-order valence-electron chi connectivity index (χ2n) is 3.99. The van der Waals surface area contributed by atoms with Gasteiger partial charge in [-0.25, -0.2) is 13.2 Å². The van der Waals surface area contributed by atoms with E-state index in [-0.39, 0.29) is 9.09 Å². The molecule has 0 fully saturated rings. The minimum atomic E-state index is -3.80. The Hall–Kier alpha value is -1.57. The van der Waals surface area contributed by atoms with E-state index < -0.39 is 16.0 Å². The minimum Gasteiger partial charge on any atom is -0.477 e. The molecular weight excluding hydrogens is 322 g/mol. The van der Waals surface area contributed by atoms with Gasteiger partial charge in [0, 0.05) is 5.02 Å². The minimum absolute atomic E-state index is 0.0294. The van der Waals surface area contributed by atoms with Crippen LogP contribution in [-0.2, 0) is 10.0 Å². The average molecular weight is 332 g/mol. The van der Waals surface area contributed by atoms with Crippen molar-refractivity contribution in [1.29, 1.82) is 0 Å². The van der Waals surface area contributed by atoms with E-state index in [0.717, 1.165) is 0 Å². The lowest BCUT2D eigenvalue weighted by Crippen LogP contribution is -2.12. The van der Waals surface area contributed by atoms with Crippen LogP contribution in [0.25, 0.3) is 0 Å². The molecule has 20 heavy (non-hydrogen) atoms. The number of benzene rings is 1. The van der Waals surface area contributed by atoms with Crippen molar-refractivity contribution >= 4 is 44.6 Å². The van der Waals surface area contributed by atoms with Crippen molar-refractivity contribution in [3.8, 4) is 0 Å². The molecule has 0 bridgehead atoms. The maximum Gasteiger partial charge on any atom is 0.345 e. The molecule has 0 saturated heterocycles. The molecule has 5 nitrogen and oxygen atoms in total. The number of halogens is 1. The van der Waals surface area contributed by atoms with Gasteiger partial charge < -0.3 is 5.11 Å². The molecule has 0 aliphatic heterocycles. The number of carboxylic acid groups (broad SMARTS) is 1. The van der Waals surface area contributed by atoms with Gasteiger partial charge >= 0.3 is 5.97 Å². The van der Waals surface area contributed by atoms with Gasteiger partial charge in [0.25, 0.3) is 10.0 Å². The molecule has 8 heteroatoms. The van der Waals surface area contributed by atoms with Crippen molar-refractivity contribution in [2.24, 2.45) is 0 Å². The van der Waals surface area contributed by atoms with Crippen molar-refractivity contribution in [2.45, 2.75) is 11.1 Å². The lowest BCUT2D eigenvalue weighted by Gasteiger charge is -2.09. The predicted octanol–water partition coefficient (Wildman–Crippen LogP) is 3.21. The molecule has 0 radical (unpaired) electrons. The second-order valence-corrected chi connectivity index (χ2v) is 7.42. The van der Waals surface area contributed by atoms with Crippen LogP contribution in [0.1, 0.15) is 15.2 Å². The van der Waals surface area contributed by atoms with E-state index in [1.807, 2.05) is 0 Å². The lowest BCUT2D eigenvalue weighted by molar-refractivity contribution is 0.0702. The number of nitrogens with one attached hydrogen (secondary N) is 1. The highest BCUT2D eigenvalue weighted by Gasteiger charge is 2.19. The number of rotatable bonds is 4. The molecule has 0 amide bonds. The summed E-state index contributed by atoms with van der Waals surface area (Å²) in [6.07, 6.45) is 0. The Labute approximate surface area is 124 Å². The van der Waals surface area contributed by atoms with Crippen LogP contribution in [0.4, 0.5) is 5.69 Å².